The van der Waals surface area contributed by atoms with Gasteiger partial charge in [0.1, 0.15) is 10.5 Å². The quantitative estimate of drug-likeness (QED) is 0.637. The van der Waals surface area contributed by atoms with Crippen LogP contribution in [0.4, 0.5) is 13.2 Å². The first-order valence-corrected chi connectivity index (χ1v) is 9.48. The fraction of sp³-hybridized carbons (Fsp3) is 0.263. The molecule has 0 bridgehead atoms. The third-order valence-corrected chi connectivity index (χ3v) is 5.38. The van der Waals surface area contributed by atoms with E-state index in [0.717, 1.165) is 23.0 Å². The molecular weight excluding hydrogens is 405 g/mol. The number of thiophene rings is 1. The molecule has 0 atom stereocenters. The van der Waals surface area contributed by atoms with E-state index in [1.54, 1.807) is 31.5 Å². The van der Waals surface area contributed by atoms with Crippen molar-refractivity contribution in [3.8, 4) is 0 Å². The van der Waals surface area contributed by atoms with Crippen LogP contribution >= 0.6 is 11.3 Å². The number of carbonyl (C=O) groups is 2. The summed E-state index contributed by atoms with van der Waals surface area (Å²) < 4.78 is 38.5. The molecule has 152 valence electrons. The van der Waals surface area contributed by atoms with Crippen LogP contribution in [-0.2, 0) is 17.5 Å². The lowest BCUT2D eigenvalue weighted by Gasteiger charge is -2.06. The number of hydrogen-bond acceptors (Lipinski definition) is 5. The van der Waals surface area contributed by atoms with E-state index in [9.17, 15) is 22.8 Å². The van der Waals surface area contributed by atoms with E-state index >= 15 is 0 Å². The summed E-state index contributed by atoms with van der Waals surface area (Å²) >= 11 is 0.899. The number of aromatic nitrogens is 2. The normalized spacial score (nSPS) is 11.4. The Balaban J connectivity index is 1.57. The van der Waals surface area contributed by atoms with Crippen molar-refractivity contribution in [1.29, 1.82) is 0 Å². The molecule has 0 spiro atoms. The van der Waals surface area contributed by atoms with Crippen molar-refractivity contribution in [2.75, 3.05) is 6.54 Å². The highest BCUT2D eigenvalue weighted by Crippen LogP contribution is 2.34. The maximum atomic E-state index is 12.8. The van der Waals surface area contributed by atoms with Crippen LogP contribution in [-0.4, -0.2) is 28.3 Å². The zero-order valence-corrected chi connectivity index (χ0v) is 16.2. The van der Waals surface area contributed by atoms with Gasteiger partial charge in [-0.15, -0.1) is 11.3 Å². The Labute approximate surface area is 168 Å². The number of nitrogens with one attached hydrogen (secondary N) is 2. The molecule has 0 aliphatic carbocycles. The minimum Gasteiger partial charge on any atom is -0.352 e. The molecule has 3 rings (SSSR count). The van der Waals surface area contributed by atoms with Gasteiger partial charge in [0, 0.05) is 37.3 Å². The number of nitrogens with zero attached hydrogens (tertiary/aromatic N) is 2. The van der Waals surface area contributed by atoms with Crippen molar-refractivity contribution in [1.82, 2.24) is 20.6 Å². The van der Waals surface area contributed by atoms with E-state index in [1.165, 1.54) is 6.07 Å². The first-order valence-electron chi connectivity index (χ1n) is 8.67. The van der Waals surface area contributed by atoms with E-state index < -0.39 is 17.8 Å². The molecule has 0 aromatic carbocycles. The van der Waals surface area contributed by atoms with Crippen LogP contribution in [0.25, 0.3) is 10.2 Å². The average Bonchev–Trinajstić information content (AvgIpc) is 3.02. The zero-order valence-electron chi connectivity index (χ0n) is 15.3. The summed E-state index contributed by atoms with van der Waals surface area (Å²) in [4.78, 5) is 32.2. The molecule has 0 saturated carbocycles. The van der Waals surface area contributed by atoms with Gasteiger partial charge in [0.25, 0.3) is 5.91 Å². The van der Waals surface area contributed by atoms with Gasteiger partial charge in [-0.1, -0.05) is 0 Å². The first kappa shape index (κ1) is 20.7. The molecule has 0 fully saturated rings. The summed E-state index contributed by atoms with van der Waals surface area (Å²) in [6.07, 6.45) is -1.21. The van der Waals surface area contributed by atoms with Crippen LogP contribution in [0.5, 0.6) is 0 Å². The van der Waals surface area contributed by atoms with Crippen LogP contribution in [0, 0.1) is 6.92 Å². The van der Waals surface area contributed by atoms with Crippen molar-refractivity contribution < 1.29 is 22.8 Å². The summed E-state index contributed by atoms with van der Waals surface area (Å²) in [7, 11) is 0. The fourth-order valence-corrected chi connectivity index (χ4v) is 3.73. The Morgan fingerprint density at radius 2 is 1.83 bits per heavy atom. The molecule has 0 radical (unpaired) electrons. The molecule has 10 heteroatoms. The highest BCUT2D eigenvalue weighted by atomic mass is 32.1. The average molecular weight is 422 g/mol. The van der Waals surface area contributed by atoms with E-state index in [-0.39, 0.29) is 28.6 Å². The molecule has 3 heterocycles. The second-order valence-corrected chi connectivity index (χ2v) is 7.24. The second-order valence-electron chi connectivity index (χ2n) is 6.24. The zero-order chi connectivity index (χ0) is 21.0. The first-order chi connectivity index (χ1) is 13.8. The predicted molar refractivity (Wildman–Crippen MR) is 102 cm³/mol. The standard InChI is InChI=1S/C19H17F3N4O2S/c1-11-13-2-3-14(19(20,21)22)26-18(13)29-16(11)17(28)24-9-6-15(27)25-10-12-4-7-23-8-5-12/h2-5,7-8H,6,9-10H2,1H3,(H,24,28)(H,25,27). The van der Waals surface area contributed by atoms with Gasteiger partial charge in [-0.3, -0.25) is 14.6 Å². The molecule has 0 aliphatic heterocycles. The SMILES string of the molecule is Cc1c(C(=O)NCCC(=O)NCc2ccncc2)sc2nc(C(F)(F)F)ccc12. The van der Waals surface area contributed by atoms with E-state index in [0.29, 0.717) is 17.5 Å². The second kappa shape index (κ2) is 8.56. The molecule has 29 heavy (non-hydrogen) atoms. The van der Waals surface area contributed by atoms with Crippen molar-refractivity contribution >= 4 is 33.4 Å². The number of carbonyl (C=O) groups excluding carboxylic acids is 2. The Bertz CT molecular complexity index is 1040. The maximum absolute atomic E-state index is 12.8. The molecule has 0 unspecified atom stereocenters. The van der Waals surface area contributed by atoms with Gasteiger partial charge in [0.05, 0.1) is 4.88 Å². The lowest BCUT2D eigenvalue weighted by Crippen LogP contribution is -2.30. The fourth-order valence-electron chi connectivity index (χ4n) is 2.63. The summed E-state index contributed by atoms with van der Waals surface area (Å²) in [6.45, 7) is 2.12. The Morgan fingerprint density at radius 1 is 1.10 bits per heavy atom. The lowest BCUT2D eigenvalue weighted by atomic mass is 10.1. The molecule has 2 amide bonds. The van der Waals surface area contributed by atoms with Crippen LogP contribution in [0.1, 0.15) is 32.9 Å². The van der Waals surface area contributed by atoms with Crippen molar-refractivity contribution in [3.05, 3.63) is 58.4 Å². The molecular formula is C19H17F3N4O2S. The molecule has 3 aromatic rings. The maximum Gasteiger partial charge on any atom is 0.433 e. The number of fused-ring (bicyclic) bond motifs is 1. The third-order valence-electron chi connectivity index (χ3n) is 4.18. The van der Waals surface area contributed by atoms with Gasteiger partial charge in [0.15, 0.2) is 0 Å². The van der Waals surface area contributed by atoms with Gasteiger partial charge in [-0.2, -0.15) is 13.2 Å². The van der Waals surface area contributed by atoms with Crippen LogP contribution in [0.3, 0.4) is 0 Å². The van der Waals surface area contributed by atoms with Gasteiger partial charge in [-0.25, -0.2) is 4.98 Å². The largest absolute Gasteiger partial charge is 0.433 e. The van der Waals surface area contributed by atoms with Gasteiger partial charge in [0.2, 0.25) is 5.91 Å². The number of aryl methyl sites for hydroxylation is 1. The highest BCUT2D eigenvalue weighted by Gasteiger charge is 2.33. The molecule has 6 nitrogen and oxygen atoms in total. The van der Waals surface area contributed by atoms with Crippen molar-refractivity contribution in [3.63, 3.8) is 0 Å². The van der Waals surface area contributed by atoms with Gasteiger partial charge < -0.3 is 10.6 Å². The number of hydrogen-bond donors (Lipinski definition) is 2. The topological polar surface area (TPSA) is 84.0 Å². The molecule has 2 N–H and O–H groups in total. The monoisotopic (exact) mass is 422 g/mol. The van der Waals surface area contributed by atoms with Crippen LogP contribution in [0.2, 0.25) is 0 Å². The van der Waals surface area contributed by atoms with E-state index in [1.807, 2.05) is 0 Å². The van der Waals surface area contributed by atoms with Gasteiger partial charge in [-0.05, 0) is 42.3 Å². The number of halogens is 3. The molecule has 3 aromatic heterocycles. The molecule has 0 saturated heterocycles. The van der Waals surface area contributed by atoms with Crippen molar-refractivity contribution in [2.45, 2.75) is 26.1 Å². The van der Waals surface area contributed by atoms with Crippen molar-refractivity contribution in [2.24, 2.45) is 0 Å². The number of amides is 2. The Kier molecular flexibility index (Phi) is 6.12. The number of rotatable bonds is 6. The minimum absolute atomic E-state index is 0.0806. The Hall–Kier alpha value is -3.01. The Morgan fingerprint density at radius 3 is 2.52 bits per heavy atom. The summed E-state index contributed by atoms with van der Waals surface area (Å²) in [5.41, 5.74) is 0.471. The highest BCUT2D eigenvalue weighted by molar-refractivity contribution is 7.20. The number of alkyl halides is 3. The predicted octanol–water partition coefficient (Wildman–Crippen LogP) is 3.45. The van der Waals surface area contributed by atoms with Gasteiger partial charge >= 0.3 is 6.18 Å². The van der Waals surface area contributed by atoms with Crippen LogP contribution in [0.15, 0.2) is 36.7 Å². The van der Waals surface area contributed by atoms with Crippen LogP contribution < -0.4 is 10.6 Å². The summed E-state index contributed by atoms with van der Waals surface area (Å²) in [5.74, 6) is -0.673. The smallest absolute Gasteiger partial charge is 0.352 e. The molecule has 0 aliphatic rings. The third kappa shape index (κ3) is 5.08. The summed E-state index contributed by atoms with van der Waals surface area (Å²) in [5, 5.41) is 5.86. The minimum atomic E-state index is -4.54. The summed E-state index contributed by atoms with van der Waals surface area (Å²) in [6, 6.07) is 5.78. The van der Waals surface area contributed by atoms with E-state index in [4.69, 9.17) is 0 Å². The number of pyridine rings is 2. The van der Waals surface area contributed by atoms with E-state index in [2.05, 4.69) is 20.6 Å². The lowest BCUT2D eigenvalue weighted by molar-refractivity contribution is -0.140.